The molecule has 0 aliphatic carbocycles. The molecule has 4 rings (SSSR count). The van der Waals surface area contributed by atoms with Gasteiger partial charge in [-0.1, -0.05) is 48.0 Å². The number of para-hydroxylation sites is 1. The van der Waals surface area contributed by atoms with E-state index in [1.165, 1.54) is 4.90 Å². The van der Waals surface area contributed by atoms with E-state index in [0.29, 0.717) is 28.6 Å². The van der Waals surface area contributed by atoms with Crippen molar-refractivity contribution in [3.05, 3.63) is 65.7 Å². The Morgan fingerprint density at radius 1 is 1.12 bits per heavy atom. The summed E-state index contributed by atoms with van der Waals surface area (Å²) in [6.45, 7) is 1.54. The predicted molar refractivity (Wildman–Crippen MR) is 122 cm³/mol. The van der Waals surface area contributed by atoms with E-state index in [0.717, 1.165) is 11.1 Å². The van der Waals surface area contributed by atoms with Crippen molar-refractivity contribution in [3.63, 3.8) is 0 Å². The lowest BCUT2D eigenvalue weighted by molar-refractivity contribution is -0.134. The molecule has 0 N–H and O–H groups in total. The number of hydrogen-bond acceptors (Lipinski definition) is 6. The van der Waals surface area contributed by atoms with E-state index in [4.69, 9.17) is 4.74 Å². The second-order valence-corrected chi connectivity index (χ2v) is 10.3. The van der Waals surface area contributed by atoms with Crippen molar-refractivity contribution in [2.75, 3.05) is 25.2 Å². The van der Waals surface area contributed by atoms with Crippen LogP contribution in [0.25, 0.3) is 22.2 Å². The molecular formula is C24H24N2O5S. The highest BCUT2D eigenvalue weighted by molar-refractivity contribution is 7.91. The predicted octanol–water partition coefficient (Wildman–Crippen LogP) is 3.01. The number of amides is 1. The number of rotatable bonds is 5. The molecule has 7 nitrogen and oxygen atoms in total. The minimum atomic E-state index is -3.12. The van der Waals surface area contributed by atoms with E-state index in [1.807, 2.05) is 49.4 Å². The summed E-state index contributed by atoms with van der Waals surface area (Å²) >= 11 is 0. The Hall–Kier alpha value is -3.26. The van der Waals surface area contributed by atoms with Gasteiger partial charge in [-0.25, -0.2) is 18.2 Å². The molecule has 1 aromatic heterocycles. The highest BCUT2D eigenvalue weighted by atomic mass is 32.2. The second-order valence-electron chi connectivity index (χ2n) is 8.08. The maximum absolute atomic E-state index is 12.9. The number of benzene rings is 2. The van der Waals surface area contributed by atoms with Crippen molar-refractivity contribution in [1.29, 1.82) is 0 Å². The van der Waals surface area contributed by atoms with E-state index >= 15 is 0 Å². The van der Waals surface area contributed by atoms with Crippen LogP contribution in [-0.4, -0.2) is 61.4 Å². The third kappa shape index (κ3) is 4.65. The van der Waals surface area contributed by atoms with Crippen LogP contribution < -0.4 is 0 Å². The molecule has 8 heteroatoms. The van der Waals surface area contributed by atoms with Crippen LogP contribution in [0.4, 0.5) is 0 Å². The zero-order valence-electron chi connectivity index (χ0n) is 17.9. The molecule has 1 saturated heterocycles. The van der Waals surface area contributed by atoms with Gasteiger partial charge in [-0.15, -0.1) is 0 Å². The average Bonchev–Trinajstić information content (AvgIpc) is 3.16. The van der Waals surface area contributed by atoms with Gasteiger partial charge < -0.3 is 9.64 Å². The van der Waals surface area contributed by atoms with E-state index in [-0.39, 0.29) is 17.5 Å². The molecule has 1 aliphatic rings. The monoisotopic (exact) mass is 452 g/mol. The molecular weight excluding hydrogens is 428 g/mol. The minimum absolute atomic E-state index is 0.0575. The zero-order valence-corrected chi connectivity index (χ0v) is 18.8. The molecule has 0 bridgehead atoms. The van der Waals surface area contributed by atoms with Crippen LogP contribution in [0, 0.1) is 6.92 Å². The second kappa shape index (κ2) is 8.70. The number of fused-ring (bicyclic) bond motifs is 1. The topological polar surface area (TPSA) is 93.6 Å². The molecule has 1 amide bonds. The molecule has 32 heavy (non-hydrogen) atoms. The van der Waals surface area contributed by atoms with Gasteiger partial charge in [0.1, 0.15) is 0 Å². The van der Waals surface area contributed by atoms with Gasteiger partial charge in [0.2, 0.25) is 0 Å². The first-order chi connectivity index (χ1) is 15.2. The van der Waals surface area contributed by atoms with Crippen LogP contribution in [0.5, 0.6) is 0 Å². The smallest absolute Gasteiger partial charge is 0.339 e. The Morgan fingerprint density at radius 2 is 1.84 bits per heavy atom. The standard InChI is InChI=1S/C24H24N2O5S/c1-16-7-9-17(10-8-16)22-13-20(19-5-3-4-6-21(19)25-22)24(28)31-14-23(27)26(2)18-11-12-32(29,30)15-18/h3-10,13,18H,11-12,14-15H2,1-2H3. The zero-order chi connectivity index (χ0) is 22.9. The summed E-state index contributed by atoms with van der Waals surface area (Å²) in [7, 11) is -1.57. The fourth-order valence-electron chi connectivity index (χ4n) is 3.81. The maximum Gasteiger partial charge on any atom is 0.339 e. The molecule has 1 unspecified atom stereocenters. The van der Waals surface area contributed by atoms with Crippen LogP contribution in [0.3, 0.4) is 0 Å². The fraction of sp³-hybridized carbons (Fsp3) is 0.292. The normalized spacial score (nSPS) is 17.2. The number of hydrogen-bond donors (Lipinski definition) is 0. The number of esters is 1. The lowest BCUT2D eigenvalue weighted by Crippen LogP contribution is -2.40. The first-order valence-electron chi connectivity index (χ1n) is 10.3. The Balaban J connectivity index is 1.55. The number of sulfone groups is 1. The fourth-order valence-corrected chi connectivity index (χ4v) is 5.58. The van der Waals surface area contributed by atoms with Crippen molar-refractivity contribution in [1.82, 2.24) is 9.88 Å². The SMILES string of the molecule is Cc1ccc(-c2cc(C(=O)OCC(=O)N(C)C3CCS(=O)(=O)C3)c3ccccc3n2)cc1. The van der Waals surface area contributed by atoms with Crippen LogP contribution in [0.1, 0.15) is 22.3 Å². The van der Waals surface area contributed by atoms with Gasteiger partial charge in [-0.05, 0) is 25.5 Å². The van der Waals surface area contributed by atoms with Gasteiger partial charge in [0.15, 0.2) is 16.4 Å². The molecule has 1 atom stereocenters. The third-order valence-corrected chi connectivity index (χ3v) is 7.51. The molecule has 3 aromatic rings. The number of likely N-dealkylation sites (N-methyl/N-ethyl adjacent to an activating group) is 1. The quantitative estimate of drug-likeness (QED) is 0.553. The Bertz CT molecular complexity index is 1290. The Kier molecular flexibility index (Phi) is 5.97. The number of nitrogens with zero attached hydrogens (tertiary/aromatic N) is 2. The van der Waals surface area contributed by atoms with Gasteiger partial charge in [0, 0.05) is 24.0 Å². The van der Waals surface area contributed by atoms with Crippen molar-refractivity contribution < 1.29 is 22.7 Å². The van der Waals surface area contributed by atoms with Crippen LogP contribution >= 0.6 is 0 Å². The number of ether oxygens (including phenoxy) is 1. The first-order valence-corrected chi connectivity index (χ1v) is 12.2. The van der Waals surface area contributed by atoms with E-state index in [2.05, 4.69) is 4.98 Å². The molecule has 0 spiro atoms. The molecule has 0 radical (unpaired) electrons. The van der Waals surface area contributed by atoms with Crippen molar-refractivity contribution in [3.8, 4) is 11.3 Å². The molecule has 0 saturated carbocycles. The number of carbonyl (C=O) groups excluding carboxylic acids is 2. The molecule has 2 aromatic carbocycles. The number of pyridine rings is 1. The van der Waals surface area contributed by atoms with Crippen LogP contribution in [-0.2, 0) is 19.4 Å². The summed E-state index contributed by atoms with van der Waals surface area (Å²) in [4.78, 5) is 31.5. The first kappa shape index (κ1) is 22.0. The minimum Gasteiger partial charge on any atom is -0.452 e. The number of aromatic nitrogens is 1. The van der Waals surface area contributed by atoms with Gasteiger partial charge in [-0.3, -0.25) is 4.79 Å². The van der Waals surface area contributed by atoms with Gasteiger partial charge in [-0.2, -0.15) is 0 Å². The van der Waals surface area contributed by atoms with Crippen LogP contribution in [0.2, 0.25) is 0 Å². The highest BCUT2D eigenvalue weighted by Crippen LogP contribution is 2.26. The maximum atomic E-state index is 12.9. The Morgan fingerprint density at radius 3 is 2.53 bits per heavy atom. The molecule has 2 heterocycles. The summed E-state index contributed by atoms with van der Waals surface area (Å²) in [5, 5.41) is 0.635. The lowest BCUT2D eigenvalue weighted by atomic mass is 10.0. The van der Waals surface area contributed by atoms with E-state index in [1.54, 1.807) is 19.2 Å². The number of carbonyl (C=O) groups is 2. The molecule has 166 valence electrons. The van der Waals surface area contributed by atoms with E-state index < -0.39 is 28.3 Å². The van der Waals surface area contributed by atoms with Crippen molar-refractivity contribution in [2.24, 2.45) is 0 Å². The summed E-state index contributed by atoms with van der Waals surface area (Å²) in [6.07, 6.45) is 0.396. The van der Waals surface area contributed by atoms with Crippen LogP contribution in [0.15, 0.2) is 54.6 Å². The molecule has 1 aliphatic heterocycles. The van der Waals surface area contributed by atoms with Crippen molar-refractivity contribution in [2.45, 2.75) is 19.4 Å². The van der Waals surface area contributed by atoms with Gasteiger partial charge in [0.05, 0.1) is 28.3 Å². The van der Waals surface area contributed by atoms with Gasteiger partial charge >= 0.3 is 5.97 Å². The van der Waals surface area contributed by atoms with Gasteiger partial charge in [0.25, 0.3) is 5.91 Å². The largest absolute Gasteiger partial charge is 0.452 e. The van der Waals surface area contributed by atoms with Crippen molar-refractivity contribution >= 4 is 32.6 Å². The summed E-state index contributed by atoms with van der Waals surface area (Å²) in [5.74, 6) is -1.05. The summed E-state index contributed by atoms with van der Waals surface area (Å²) in [6, 6.07) is 16.4. The summed E-state index contributed by atoms with van der Waals surface area (Å²) in [5.41, 5.74) is 3.60. The highest BCUT2D eigenvalue weighted by Gasteiger charge is 2.33. The Labute approximate surface area is 186 Å². The average molecular weight is 453 g/mol. The molecule has 1 fully saturated rings. The lowest BCUT2D eigenvalue weighted by Gasteiger charge is -2.23. The van der Waals surface area contributed by atoms with E-state index in [9.17, 15) is 18.0 Å². The summed E-state index contributed by atoms with van der Waals surface area (Å²) < 4.78 is 28.7. The number of aryl methyl sites for hydroxylation is 1. The third-order valence-electron chi connectivity index (χ3n) is 5.76.